The summed E-state index contributed by atoms with van der Waals surface area (Å²) in [5.74, 6) is -0.140. The molecule has 0 bridgehead atoms. The molecule has 20 heavy (non-hydrogen) atoms. The summed E-state index contributed by atoms with van der Waals surface area (Å²) in [6.45, 7) is 8.25. The smallest absolute Gasteiger partial charge is 0.246 e. The number of hydrogen-bond donors (Lipinski definition) is 1. The summed E-state index contributed by atoms with van der Waals surface area (Å²) < 4.78 is 0. The number of allylic oxidation sites excluding steroid dienone is 1. The number of rotatable bonds is 4. The first-order valence-electron chi connectivity index (χ1n) is 6.77. The topological polar surface area (TPSA) is 49.4 Å². The average Bonchev–Trinajstić information content (AvgIpc) is 2.40. The molecule has 1 N–H and O–H groups in total. The second-order valence-electron chi connectivity index (χ2n) is 5.35. The van der Waals surface area contributed by atoms with E-state index in [1.54, 1.807) is 4.90 Å². The van der Waals surface area contributed by atoms with Crippen molar-refractivity contribution in [3.8, 4) is 0 Å². The number of aryl methyl sites for hydroxylation is 2. The number of amides is 2. The van der Waals surface area contributed by atoms with Gasteiger partial charge in [-0.2, -0.15) is 0 Å². The summed E-state index contributed by atoms with van der Waals surface area (Å²) in [5, 5.41) is 2.72. The maximum atomic E-state index is 12.0. The van der Waals surface area contributed by atoms with Crippen LogP contribution in [0.15, 0.2) is 30.5 Å². The van der Waals surface area contributed by atoms with Gasteiger partial charge >= 0.3 is 0 Å². The molecule has 0 aromatic heterocycles. The van der Waals surface area contributed by atoms with Crippen LogP contribution in [-0.2, 0) is 16.1 Å². The number of benzene rings is 1. The Morgan fingerprint density at radius 1 is 1.45 bits per heavy atom. The third kappa shape index (κ3) is 3.07. The van der Waals surface area contributed by atoms with Crippen LogP contribution in [0.4, 0.5) is 0 Å². The number of carbonyl (C=O) groups is 2. The Balaban J connectivity index is 2.16. The Morgan fingerprint density at radius 2 is 2.20 bits per heavy atom. The predicted octanol–water partition coefficient (Wildman–Crippen LogP) is 2.05. The molecule has 0 unspecified atom stereocenters. The van der Waals surface area contributed by atoms with Gasteiger partial charge in [-0.25, -0.2) is 0 Å². The van der Waals surface area contributed by atoms with Crippen molar-refractivity contribution >= 4 is 12.3 Å². The summed E-state index contributed by atoms with van der Waals surface area (Å²) in [6, 6.07) is 5.74. The number of nitrogens with zero attached hydrogens (tertiary/aromatic N) is 1. The van der Waals surface area contributed by atoms with Gasteiger partial charge in [-0.1, -0.05) is 30.3 Å². The van der Waals surface area contributed by atoms with Crippen LogP contribution in [0.5, 0.6) is 0 Å². The normalized spacial score (nSPS) is 18.6. The molecule has 0 aliphatic carbocycles. The quantitative estimate of drug-likeness (QED) is 0.853. The minimum atomic E-state index is -0.405. The lowest BCUT2D eigenvalue weighted by Crippen LogP contribution is -2.48. The molecule has 1 saturated heterocycles. The zero-order valence-electron chi connectivity index (χ0n) is 12.0. The van der Waals surface area contributed by atoms with Gasteiger partial charge in [0.1, 0.15) is 6.04 Å². The van der Waals surface area contributed by atoms with Crippen molar-refractivity contribution in [2.75, 3.05) is 0 Å². The van der Waals surface area contributed by atoms with Gasteiger partial charge in [0.05, 0.1) is 0 Å². The van der Waals surface area contributed by atoms with Crippen molar-refractivity contribution in [1.82, 2.24) is 10.2 Å². The lowest BCUT2D eigenvalue weighted by Gasteiger charge is -2.31. The summed E-state index contributed by atoms with van der Waals surface area (Å²) in [5.41, 5.74) is 4.08. The zero-order valence-corrected chi connectivity index (χ0v) is 12.0. The number of hydrogen-bond acceptors (Lipinski definition) is 2. The SMILES string of the molecule is C=C1CC[C@H](N(C=O)Cc2cc(C)ccc2C)C(=O)N1. The zero-order chi connectivity index (χ0) is 14.7. The Kier molecular flexibility index (Phi) is 4.23. The first-order valence-corrected chi connectivity index (χ1v) is 6.77. The molecule has 1 heterocycles. The molecule has 0 spiro atoms. The second kappa shape index (κ2) is 5.90. The lowest BCUT2D eigenvalue weighted by atomic mass is 10.0. The van der Waals surface area contributed by atoms with Crippen LogP contribution in [0, 0.1) is 13.8 Å². The maximum Gasteiger partial charge on any atom is 0.246 e. The third-order valence-electron chi connectivity index (χ3n) is 3.72. The molecular formula is C16H20N2O2. The lowest BCUT2D eigenvalue weighted by molar-refractivity contribution is -0.134. The highest BCUT2D eigenvalue weighted by molar-refractivity contribution is 5.86. The number of carbonyl (C=O) groups excluding carboxylic acids is 2. The molecule has 1 aromatic rings. The van der Waals surface area contributed by atoms with Crippen LogP contribution in [0.3, 0.4) is 0 Å². The predicted molar refractivity (Wildman–Crippen MR) is 77.8 cm³/mol. The fourth-order valence-corrected chi connectivity index (χ4v) is 2.47. The summed E-state index contributed by atoms with van der Waals surface area (Å²) in [7, 11) is 0. The highest BCUT2D eigenvalue weighted by atomic mass is 16.2. The molecule has 1 aliphatic heterocycles. The molecule has 0 saturated carbocycles. The largest absolute Gasteiger partial charge is 0.329 e. The Hall–Kier alpha value is -2.10. The van der Waals surface area contributed by atoms with Crippen molar-refractivity contribution in [2.45, 2.75) is 39.3 Å². The van der Waals surface area contributed by atoms with Crippen LogP contribution >= 0.6 is 0 Å². The molecule has 4 nitrogen and oxygen atoms in total. The van der Waals surface area contributed by atoms with E-state index in [1.165, 1.54) is 0 Å². The highest BCUT2D eigenvalue weighted by Crippen LogP contribution is 2.19. The van der Waals surface area contributed by atoms with E-state index in [0.29, 0.717) is 19.4 Å². The molecule has 4 heteroatoms. The fraction of sp³-hybridized carbons (Fsp3) is 0.375. The van der Waals surface area contributed by atoms with E-state index in [9.17, 15) is 9.59 Å². The minimum Gasteiger partial charge on any atom is -0.329 e. The van der Waals surface area contributed by atoms with Crippen molar-refractivity contribution < 1.29 is 9.59 Å². The van der Waals surface area contributed by atoms with Crippen LogP contribution < -0.4 is 5.32 Å². The standard InChI is InChI=1S/C16H20N2O2/c1-11-4-5-12(2)14(8-11)9-18(10-19)15-7-6-13(3)17-16(15)20/h4-5,8,10,15H,3,6-7,9H2,1-2H3,(H,17,20)/t15-/m0/s1. The van der Waals surface area contributed by atoms with Gasteiger partial charge in [0.15, 0.2) is 0 Å². The Labute approximate surface area is 119 Å². The molecule has 1 fully saturated rings. The Bertz CT molecular complexity index is 551. The molecule has 1 aliphatic rings. The first kappa shape index (κ1) is 14.3. The van der Waals surface area contributed by atoms with E-state index in [4.69, 9.17) is 0 Å². The molecule has 106 valence electrons. The molecular weight excluding hydrogens is 252 g/mol. The number of nitrogens with one attached hydrogen (secondary N) is 1. The van der Waals surface area contributed by atoms with Crippen molar-refractivity contribution in [2.24, 2.45) is 0 Å². The van der Waals surface area contributed by atoms with Gasteiger partial charge in [-0.05, 0) is 37.8 Å². The van der Waals surface area contributed by atoms with Crippen LogP contribution in [0.25, 0.3) is 0 Å². The van der Waals surface area contributed by atoms with E-state index >= 15 is 0 Å². The summed E-state index contributed by atoms with van der Waals surface area (Å²) in [6.07, 6.45) is 2.11. The van der Waals surface area contributed by atoms with Gasteiger partial charge in [0.2, 0.25) is 12.3 Å². The van der Waals surface area contributed by atoms with E-state index in [1.807, 2.05) is 26.0 Å². The molecule has 2 amide bonds. The summed E-state index contributed by atoms with van der Waals surface area (Å²) in [4.78, 5) is 24.9. The van der Waals surface area contributed by atoms with Gasteiger partial charge in [0.25, 0.3) is 0 Å². The molecule has 1 atom stereocenters. The monoisotopic (exact) mass is 272 g/mol. The molecule has 0 radical (unpaired) electrons. The minimum absolute atomic E-state index is 0.140. The molecule has 2 rings (SSSR count). The second-order valence-corrected chi connectivity index (χ2v) is 5.35. The van der Waals surface area contributed by atoms with E-state index in [0.717, 1.165) is 28.8 Å². The van der Waals surface area contributed by atoms with E-state index in [2.05, 4.69) is 18.0 Å². The van der Waals surface area contributed by atoms with Gasteiger partial charge in [0, 0.05) is 12.2 Å². The highest BCUT2D eigenvalue weighted by Gasteiger charge is 2.29. The Morgan fingerprint density at radius 3 is 2.85 bits per heavy atom. The van der Waals surface area contributed by atoms with Gasteiger partial charge in [-0.3, -0.25) is 9.59 Å². The van der Waals surface area contributed by atoms with Crippen molar-refractivity contribution in [1.29, 1.82) is 0 Å². The van der Waals surface area contributed by atoms with E-state index in [-0.39, 0.29) is 5.91 Å². The van der Waals surface area contributed by atoms with Crippen LogP contribution in [0.2, 0.25) is 0 Å². The van der Waals surface area contributed by atoms with Gasteiger partial charge < -0.3 is 10.2 Å². The van der Waals surface area contributed by atoms with E-state index < -0.39 is 6.04 Å². The molecule has 1 aromatic carbocycles. The fourth-order valence-electron chi connectivity index (χ4n) is 2.47. The third-order valence-corrected chi connectivity index (χ3v) is 3.72. The van der Waals surface area contributed by atoms with Crippen LogP contribution in [-0.4, -0.2) is 23.3 Å². The van der Waals surface area contributed by atoms with Crippen LogP contribution in [0.1, 0.15) is 29.5 Å². The maximum absolute atomic E-state index is 12.0. The average molecular weight is 272 g/mol. The van der Waals surface area contributed by atoms with Gasteiger partial charge in [-0.15, -0.1) is 0 Å². The van der Waals surface area contributed by atoms with Crippen molar-refractivity contribution in [3.05, 3.63) is 47.2 Å². The summed E-state index contributed by atoms with van der Waals surface area (Å²) >= 11 is 0. The number of piperidine rings is 1. The van der Waals surface area contributed by atoms with Crippen molar-refractivity contribution in [3.63, 3.8) is 0 Å². The first-order chi connectivity index (χ1) is 9.51.